The maximum atomic E-state index is 7.57. The maximum absolute atomic E-state index is 7.57. The van der Waals surface area contributed by atoms with E-state index in [2.05, 4.69) is 9.97 Å². The second kappa shape index (κ2) is 7.78. The zero-order valence-corrected chi connectivity index (χ0v) is 12.3. The molecule has 7 heteroatoms. The summed E-state index contributed by atoms with van der Waals surface area (Å²) in [7, 11) is 1.63. The highest BCUT2D eigenvalue weighted by Crippen LogP contribution is 2.14. The standard InChI is InChI=1S/C10H9N3OS2.C2H6O/c1-14-8-4-2-7(3-5-8)13-6-11-9(15)12-10(13)16;1-2-3/h2-6H,1H3,(H,12,15,16);3H,2H2,1H3. The molecule has 0 saturated carbocycles. The van der Waals surface area contributed by atoms with Crippen molar-refractivity contribution in [2.75, 3.05) is 13.7 Å². The number of aromatic nitrogens is 3. The zero-order chi connectivity index (χ0) is 14.3. The Morgan fingerprint density at radius 2 is 1.89 bits per heavy atom. The average molecular weight is 297 g/mol. The third kappa shape index (κ3) is 4.55. The molecular weight excluding hydrogens is 282 g/mol. The summed E-state index contributed by atoms with van der Waals surface area (Å²) in [6.45, 7) is 1.93. The summed E-state index contributed by atoms with van der Waals surface area (Å²) in [6.07, 6.45) is 1.60. The number of rotatable bonds is 2. The van der Waals surface area contributed by atoms with Crippen LogP contribution < -0.4 is 4.74 Å². The lowest BCUT2D eigenvalue weighted by molar-refractivity contribution is 0.318. The van der Waals surface area contributed by atoms with Crippen molar-refractivity contribution < 1.29 is 9.84 Å². The van der Waals surface area contributed by atoms with Crippen molar-refractivity contribution in [1.82, 2.24) is 14.5 Å². The van der Waals surface area contributed by atoms with Gasteiger partial charge < -0.3 is 14.8 Å². The molecule has 1 heterocycles. The molecule has 0 radical (unpaired) electrons. The normalized spacial score (nSPS) is 9.42. The summed E-state index contributed by atoms with van der Waals surface area (Å²) < 4.78 is 7.72. The van der Waals surface area contributed by atoms with Crippen LogP contribution in [0.2, 0.25) is 0 Å². The van der Waals surface area contributed by atoms with Crippen LogP contribution in [-0.2, 0) is 0 Å². The minimum absolute atomic E-state index is 0.250. The van der Waals surface area contributed by atoms with E-state index in [9.17, 15) is 0 Å². The van der Waals surface area contributed by atoms with Crippen LogP contribution in [0.1, 0.15) is 6.92 Å². The van der Waals surface area contributed by atoms with Gasteiger partial charge in [0, 0.05) is 12.3 Å². The van der Waals surface area contributed by atoms with Crippen molar-refractivity contribution in [3.63, 3.8) is 0 Å². The summed E-state index contributed by atoms with van der Waals surface area (Å²) in [4.78, 5) is 6.80. The first-order valence-electron chi connectivity index (χ1n) is 5.55. The van der Waals surface area contributed by atoms with E-state index in [1.807, 2.05) is 24.3 Å². The van der Waals surface area contributed by atoms with Crippen molar-refractivity contribution in [1.29, 1.82) is 0 Å². The van der Waals surface area contributed by atoms with Gasteiger partial charge in [-0.15, -0.1) is 0 Å². The summed E-state index contributed by atoms with van der Waals surface area (Å²) in [6, 6.07) is 7.51. The molecule has 0 aliphatic heterocycles. The van der Waals surface area contributed by atoms with Gasteiger partial charge in [0.15, 0.2) is 9.54 Å². The number of nitrogens with zero attached hydrogens (tertiary/aromatic N) is 2. The molecule has 0 amide bonds. The molecule has 0 spiro atoms. The van der Waals surface area contributed by atoms with E-state index in [4.69, 9.17) is 34.3 Å². The van der Waals surface area contributed by atoms with Gasteiger partial charge in [0.1, 0.15) is 12.1 Å². The molecule has 2 aromatic rings. The van der Waals surface area contributed by atoms with Crippen LogP contribution in [0.15, 0.2) is 30.6 Å². The lowest BCUT2D eigenvalue weighted by Gasteiger charge is -2.06. The van der Waals surface area contributed by atoms with Gasteiger partial charge in [0.2, 0.25) is 0 Å². The molecule has 0 aliphatic rings. The molecule has 1 aromatic carbocycles. The molecule has 0 bridgehead atoms. The lowest BCUT2D eigenvalue weighted by atomic mass is 10.3. The maximum Gasteiger partial charge on any atom is 0.200 e. The van der Waals surface area contributed by atoms with Gasteiger partial charge in [-0.3, -0.25) is 4.57 Å². The van der Waals surface area contributed by atoms with Crippen molar-refractivity contribution in [2.45, 2.75) is 6.92 Å². The molecule has 19 heavy (non-hydrogen) atoms. The second-order valence-electron chi connectivity index (χ2n) is 3.36. The average Bonchev–Trinajstić information content (AvgIpc) is 2.40. The van der Waals surface area contributed by atoms with Crippen molar-refractivity contribution in [2.24, 2.45) is 0 Å². The van der Waals surface area contributed by atoms with E-state index in [-0.39, 0.29) is 6.61 Å². The SMILES string of the molecule is CCO.COc1ccc(-n2cnc(=S)[nH]c2=S)cc1. The highest BCUT2D eigenvalue weighted by Gasteiger charge is 1.97. The molecular formula is C12H15N3O2S2. The Hall–Kier alpha value is -1.57. The fourth-order valence-corrected chi connectivity index (χ4v) is 1.73. The number of nitrogens with one attached hydrogen (secondary N) is 1. The number of aliphatic hydroxyl groups excluding tert-OH is 1. The summed E-state index contributed by atoms with van der Waals surface area (Å²) in [5.41, 5.74) is 0.907. The third-order valence-corrected chi connectivity index (χ3v) is 2.58. The van der Waals surface area contributed by atoms with Crippen LogP contribution in [0.5, 0.6) is 5.75 Å². The number of ether oxygens (including phenoxy) is 1. The smallest absolute Gasteiger partial charge is 0.200 e. The Morgan fingerprint density at radius 3 is 2.37 bits per heavy atom. The molecule has 0 aliphatic carbocycles. The number of hydrogen-bond donors (Lipinski definition) is 2. The molecule has 2 N–H and O–H groups in total. The minimum Gasteiger partial charge on any atom is -0.497 e. The van der Waals surface area contributed by atoms with Crippen LogP contribution >= 0.6 is 24.4 Å². The molecule has 2 rings (SSSR count). The highest BCUT2D eigenvalue weighted by atomic mass is 32.1. The zero-order valence-electron chi connectivity index (χ0n) is 10.7. The first-order valence-corrected chi connectivity index (χ1v) is 6.37. The number of aliphatic hydroxyl groups is 1. The van der Waals surface area contributed by atoms with E-state index in [0.29, 0.717) is 9.54 Å². The van der Waals surface area contributed by atoms with Crippen molar-refractivity contribution in [3.05, 3.63) is 40.1 Å². The minimum atomic E-state index is 0.250. The monoisotopic (exact) mass is 297 g/mol. The van der Waals surface area contributed by atoms with E-state index in [1.54, 1.807) is 24.9 Å². The first-order chi connectivity index (χ1) is 9.12. The van der Waals surface area contributed by atoms with Crippen LogP contribution in [0.3, 0.4) is 0 Å². The first kappa shape index (κ1) is 15.5. The van der Waals surface area contributed by atoms with E-state index < -0.39 is 0 Å². The molecule has 102 valence electrons. The molecule has 5 nitrogen and oxygen atoms in total. The van der Waals surface area contributed by atoms with Gasteiger partial charge in [-0.25, -0.2) is 4.98 Å². The van der Waals surface area contributed by atoms with Gasteiger partial charge in [0.25, 0.3) is 0 Å². The topological polar surface area (TPSA) is 63.1 Å². The molecule has 0 atom stereocenters. The Bertz CT molecular complexity index is 620. The van der Waals surface area contributed by atoms with Gasteiger partial charge in [-0.2, -0.15) is 0 Å². The van der Waals surface area contributed by atoms with Gasteiger partial charge in [-0.05, 0) is 55.6 Å². The van der Waals surface area contributed by atoms with Gasteiger partial charge in [0.05, 0.1) is 7.11 Å². The summed E-state index contributed by atoms with van der Waals surface area (Å²) in [5, 5.41) is 7.57. The predicted molar refractivity (Wildman–Crippen MR) is 78.9 cm³/mol. The Balaban J connectivity index is 0.000000550. The van der Waals surface area contributed by atoms with Crippen molar-refractivity contribution in [3.8, 4) is 11.4 Å². The third-order valence-electron chi connectivity index (χ3n) is 2.07. The Labute approximate surface area is 121 Å². The largest absolute Gasteiger partial charge is 0.497 e. The quantitative estimate of drug-likeness (QED) is 0.834. The molecule has 0 unspecified atom stereocenters. The van der Waals surface area contributed by atoms with Crippen molar-refractivity contribution >= 4 is 24.4 Å². The number of H-pyrrole nitrogens is 1. The van der Waals surface area contributed by atoms with Gasteiger partial charge in [-0.1, -0.05) is 0 Å². The van der Waals surface area contributed by atoms with E-state index in [0.717, 1.165) is 11.4 Å². The summed E-state index contributed by atoms with van der Waals surface area (Å²) >= 11 is 10.0. The number of aromatic amines is 1. The Morgan fingerprint density at radius 1 is 1.32 bits per heavy atom. The van der Waals surface area contributed by atoms with Crippen LogP contribution in [-0.4, -0.2) is 33.4 Å². The highest BCUT2D eigenvalue weighted by molar-refractivity contribution is 7.71. The number of methoxy groups -OCH3 is 1. The fraction of sp³-hybridized carbons (Fsp3) is 0.250. The van der Waals surface area contributed by atoms with E-state index >= 15 is 0 Å². The number of benzene rings is 1. The second-order valence-corrected chi connectivity index (χ2v) is 4.14. The van der Waals surface area contributed by atoms with E-state index in [1.165, 1.54) is 0 Å². The fourth-order valence-electron chi connectivity index (χ4n) is 1.27. The van der Waals surface area contributed by atoms with Gasteiger partial charge >= 0.3 is 0 Å². The Kier molecular flexibility index (Phi) is 6.34. The molecule has 1 aromatic heterocycles. The lowest BCUT2D eigenvalue weighted by Crippen LogP contribution is -2.00. The van der Waals surface area contributed by atoms with Crippen LogP contribution in [0.4, 0.5) is 0 Å². The predicted octanol–water partition coefficient (Wildman–Crippen LogP) is 2.67. The van der Waals surface area contributed by atoms with Crippen LogP contribution in [0, 0.1) is 9.54 Å². The molecule has 0 fully saturated rings. The number of hydrogen-bond acceptors (Lipinski definition) is 5. The summed E-state index contributed by atoms with van der Waals surface area (Å²) in [5.74, 6) is 0.798. The van der Waals surface area contributed by atoms with Crippen LogP contribution in [0.25, 0.3) is 5.69 Å². The molecule has 0 saturated heterocycles.